The number of nitrogens with one attached hydrogen (secondary N) is 1. The van der Waals surface area contributed by atoms with Crippen LogP contribution in [0.4, 0.5) is 4.79 Å². The Balaban J connectivity index is 4.14. The molecule has 122 valence electrons. The molecule has 0 spiro atoms. The van der Waals surface area contributed by atoms with E-state index in [2.05, 4.69) is 10.1 Å². The number of amides is 2. The number of hydrogen-bond acceptors (Lipinski definition) is 4. The molecule has 7 heteroatoms. The maximum Gasteiger partial charge on any atom is 0.325 e. The van der Waals surface area contributed by atoms with Crippen LogP contribution in [0.3, 0.4) is 0 Å². The summed E-state index contributed by atoms with van der Waals surface area (Å²) in [5, 5.41) is 11.3. The first-order valence-electron chi connectivity index (χ1n) is 7.11. The van der Waals surface area contributed by atoms with E-state index in [1.807, 2.05) is 20.8 Å². The van der Waals surface area contributed by atoms with Crippen LogP contribution in [0.15, 0.2) is 0 Å². The lowest BCUT2D eigenvalue weighted by molar-refractivity contribution is -0.141. The Kier molecular flexibility index (Phi) is 9.16. The Morgan fingerprint density at radius 1 is 1.19 bits per heavy atom. The fraction of sp³-hybridized carbons (Fsp3) is 0.786. The molecule has 0 saturated heterocycles. The molecule has 0 fully saturated rings. The predicted molar refractivity (Wildman–Crippen MR) is 77.9 cm³/mol. The highest BCUT2D eigenvalue weighted by Gasteiger charge is 2.20. The number of rotatable bonds is 9. The summed E-state index contributed by atoms with van der Waals surface area (Å²) < 4.78 is 4.56. The molecule has 0 radical (unpaired) electrons. The second kappa shape index (κ2) is 10.0. The van der Waals surface area contributed by atoms with Crippen molar-refractivity contribution in [1.29, 1.82) is 0 Å². The number of aliphatic carboxylic acids is 1. The van der Waals surface area contributed by atoms with Gasteiger partial charge in [0.2, 0.25) is 0 Å². The largest absolute Gasteiger partial charge is 0.481 e. The number of carboxylic acid groups (broad SMARTS) is 1. The van der Waals surface area contributed by atoms with Crippen LogP contribution in [-0.4, -0.2) is 54.2 Å². The fourth-order valence-electron chi connectivity index (χ4n) is 1.73. The molecule has 0 rings (SSSR count). The van der Waals surface area contributed by atoms with Crippen molar-refractivity contribution >= 4 is 18.0 Å². The minimum atomic E-state index is -0.810. The predicted octanol–water partition coefficient (Wildman–Crippen LogP) is 1.47. The van der Waals surface area contributed by atoms with Crippen LogP contribution in [0, 0.1) is 5.92 Å². The number of esters is 1. The summed E-state index contributed by atoms with van der Waals surface area (Å²) in [7, 11) is 1.28. The number of ether oxygens (including phenoxy) is 1. The molecule has 0 heterocycles. The zero-order valence-electron chi connectivity index (χ0n) is 13.2. The number of hydrogen-bond donors (Lipinski definition) is 2. The summed E-state index contributed by atoms with van der Waals surface area (Å²) in [6, 6.07) is -0.436. The van der Waals surface area contributed by atoms with Crippen molar-refractivity contribution in [3.8, 4) is 0 Å². The van der Waals surface area contributed by atoms with Gasteiger partial charge in [-0.1, -0.05) is 6.92 Å². The standard InChI is InChI=1S/C14H26N2O5/c1-10(2)16(9-13(19)21-4)14(20)15-8-7-11(3)5-6-12(17)18/h10-11H,5-9H2,1-4H3,(H,15,20)(H,17,18). The first-order valence-corrected chi connectivity index (χ1v) is 7.11. The van der Waals surface area contributed by atoms with Crippen molar-refractivity contribution in [2.75, 3.05) is 20.2 Å². The van der Waals surface area contributed by atoms with Crippen molar-refractivity contribution in [1.82, 2.24) is 10.2 Å². The minimum Gasteiger partial charge on any atom is -0.481 e. The van der Waals surface area contributed by atoms with Gasteiger partial charge in [0.05, 0.1) is 7.11 Å². The normalized spacial score (nSPS) is 11.9. The van der Waals surface area contributed by atoms with Gasteiger partial charge in [0.1, 0.15) is 6.54 Å². The van der Waals surface area contributed by atoms with Gasteiger partial charge in [-0.05, 0) is 32.6 Å². The zero-order valence-corrected chi connectivity index (χ0v) is 13.2. The van der Waals surface area contributed by atoms with Crippen molar-refractivity contribution in [2.45, 2.75) is 46.1 Å². The topological polar surface area (TPSA) is 95.9 Å². The molecule has 1 unspecified atom stereocenters. The quantitative estimate of drug-likeness (QED) is 0.629. The van der Waals surface area contributed by atoms with E-state index in [-0.39, 0.29) is 31.0 Å². The van der Waals surface area contributed by atoms with E-state index in [1.165, 1.54) is 12.0 Å². The van der Waals surface area contributed by atoms with Gasteiger partial charge >= 0.3 is 18.0 Å². The van der Waals surface area contributed by atoms with Gasteiger partial charge in [-0.3, -0.25) is 9.59 Å². The van der Waals surface area contributed by atoms with E-state index >= 15 is 0 Å². The third kappa shape index (κ3) is 8.88. The van der Waals surface area contributed by atoms with Gasteiger partial charge < -0.3 is 20.1 Å². The molecule has 2 N–H and O–H groups in total. The van der Waals surface area contributed by atoms with Crippen molar-refractivity contribution in [3.63, 3.8) is 0 Å². The maximum absolute atomic E-state index is 12.0. The second-order valence-electron chi connectivity index (χ2n) is 5.36. The Bertz CT molecular complexity index is 357. The highest BCUT2D eigenvalue weighted by molar-refractivity contribution is 5.81. The van der Waals surface area contributed by atoms with Crippen LogP contribution in [0.2, 0.25) is 0 Å². The van der Waals surface area contributed by atoms with E-state index in [1.54, 1.807) is 0 Å². The lowest BCUT2D eigenvalue weighted by Crippen LogP contribution is -2.47. The Hall–Kier alpha value is -1.79. The molecule has 7 nitrogen and oxygen atoms in total. The average molecular weight is 302 g/mol. The molecular formula is C14H26N2O5. The van der Waals surface area contributed by atoms with Gasteiger partial charge in [0.15, 0.2) is 0 Å². The van der Waals surface area contributed by atoms with Gasteiger partial charge in [0, 0.05) is 19.0 Å². The molecule has 0 bridgehead atoms. The smallest absolute Gasteiger partial charge is 0.325 e. The van der Waals surface area contributed by atoms with Crippen LogP contribution in [0.1, 0.15) is 40.0 Å². The summed E-state index contributed by atoms with van der Waals surface area (Å²) in [6.07, 6.45) is 1.42. The minimum absolute atomic E-state index is 0.0887. The summed E-state index contributed by atoms with van der Waals surface area (Å²) >= 11 is 0. The summed E-state index contributed by atoms with van der Waals surface area (Å²) in [6.45, 7) is 5.94. The van der Waals surface area contributed by atoms with Crippen LogP contribution in [0.25, 0.3) is 0 Å². The summed E-state index contributed by atoms with van der Waals surface area (Å²) in [5.41, 5.74) is 0. The van der Waals surface area contributed by atoms with Crippen LogP contribution in [-0.2, 0) is 14.3 Å². The van der Waals surface area contributed by atoms with E-state index in [9.17, 15) is 14.4 Å². The maximum atomic E-state index is 12.0. The van der Waals surface area contributed by atoms with E-state index in [4.69, 9.17) is 5.11 Å². The lowest BCUT2D eigenvalue weighted by Gasteiger charge is -2.26. The molecule has 0 aromatic rings. The average Bonchev–Trinajstić information content (AvgIpc) is 2.41. The van der Waals surface area contributed by atoms with Crippen LogP contribution >= 0.6 is 0 Å². The first kappa shape index (κ1) is 19.2. The number of urea groups is 1. The summed E-state index contributed by atoms with van der Waals surface area (Å²) in [5.74, 6) is -1.06. The molecule has 0 aromatic carbocycles. The van der Waals surface area contributed by atoms with E-state index < -0.39 is 11.9 Å². The molecule has 21 heavy (non-hydrogen) atoms. The van der Waals surface area contributed by atoms with Crippen molar-refractivity contribution in [3.05, 3.63) is 0 Å². The molecular weight excluding hydrogens is 276 g/mol. The van der Waals surface area contributed by atoms with Crippen LogP contribution < -0.4 is 5.32 Å². The molecule has 0 aliphatic rings. The van der Waals surface area contributed by atoms with Crippen LogP contribution in [0.5, 0.6) is 0 Å². The SMILES string of the molecule is COC(=O)CN(C(=O)NCCC(C)CCC(=O)O)C(C)C. The Labute approximate surface area is 125 Å². The number of nitrogens with zero attached hydrogens (tertiary/aromatic N) is 1. The Morgan fingerprint density at radius 2 is 1.81 bits per heavy atom. The number of carbonyl (C=O) groups is 3. The third-order valence-electron chi connectivity index (χ3n) is 3.18. The van der Waals surface area contributed by atoms with Crippen molar-refractivity contribution < 1.29 is 24.2 Å². The Morgan fingerprint density at radius 3 is 2.29 bits per heavy atom. The molecule has 1 atom stereocenters. The molecule has 0 saturated carbocycles. The van der Waals surface area contributed by atoms with E-state index in [0.717, 1.165) is 0 Å². The molecule has 0 aromatic heterocycles. The van der Waals surface area contributed by atoms with Gasteiger partial charge in [0.25, 0.3) is 0 Å². The third-order valence-corrected chi connectivity index (χ3v) is 3.18. The highest BCUT2D eigenvalue weighted by atomic mass is 16.5. The van der Waals surface area contributed by atoms with Crippen molar-refractivity contribution in [2.24, 2.45) is 5.92 Å². The molecule has 0 aliphatic carbocycles. The first-order chi connectivity index (χ1) is 9.77. The summed E-state index contributed by atoms with van der Waals surface area (Å²) in [4.78, 5) is 35.1. The van der Waals surface area contributed by atoms with E-state index in [0.29, 0.717) is 19.4 Å². The second-order valence-corrected chi connectivity index (χ2v) is 5.36. The van der Waals surface area contributed by atoms with Gasteiger partial charge in [-0.15, -0.1) is 0 Å². The fourth-order valence-corrected chi connectivity index (χ4v) is 1.73. The highest BCUT2D eigenvalue weighted by Crippen LogP contribution is 2.09. The number of carboxylic acids is 1. The monoisotopic (exact) mass is 302 g/mol. The molecule has 0 aliphatic heterocycles. The zero-order chi connectivity index (χ0) is 16.4. The molecule has 2 amide bonds. The lowest BCUT2D eigenvalue weighted by atomic mass is 10.0. The number of methoxy groups -OCH3 is 1. The van der Waals surface area contributed by atoms with Gasteiger partial charge in [-0.25, -0.2) is 4.79 Å². The number of carbonyl (C=O) groups excluding carboxylic acids is 2. The van der Waals surface area contributed by atoms with Gasteiger partial charge in [-0.2, -0.15) is 0 Å².